The van der Waals surface area contributed by atoms with Crippen LogP contribution in [0.1, 0.15) is 45.7 Å². The smallest absolute Gasteiger partial charge is 0.292 e. The molecule has 2 aromatic rings. The fourth-order valence-electron chi connectivity index (χ4n) is 3.86. The van der Waals surface area contributed by atoms with Crippen molar-refractivity contribution < 1.29 is 18.8 Å². The van der Waals surface area contributed by atoms with Crippen molar-refractivity contribution in [1.29, 1.82) is 5.26 Å². The number of amides is 2. The van der Waals surface area contributed by atoms with Crippen molar-refractivity contribution in [3.8, 4) is 6.07 Å². The lowest BCUT2D eigenvalue weighted by atomic mass is 9.50. The molecule has 2 amide bonds. The van der Waals surface area contributed by atoms with E-state index in [1.54, 1.807) is 13.1 Å². The van der Waals surface area contributed by atoms with Gasteiger partial charge in [-0.1, -0.05) is 0 Å². The fourth-order valence-corrected chi connectivity index (χ4v) is 3.86. The van der Waals surface area contributed by atoms with E-state index < -0.39 is 23.4 Å². The lowest BCUT2D eigenvalue weighted by Crippen LogP contribution is -2.68. The zero-order chi connectivity index (χ0) is 20.1. The van der Waals surface area contributed by atoms with Gasteiger partial charge in [-0.05, 0) is 49.4 Å². The van der Waals surface area contributed by atoms with Crippen LogP contribution in [0.15, 0.2) is 30.5 Å². The lowest BCUT2D eigenvalue weighted by molar-refractivity contribution is -0.128. The molecule has 0 saturated heterocycles. The molecular weight excluding hydrogens is 363 g/mol. The van der Waals surface area contributed by atoms with Gasteiger partial charge in [0, 0.05) is 30.0 Å². The maximum absolute atomic E-state index is 13.4. The minimum atomic E-state index is -0.687. The molecule has 1 aromatic carbocycles. The minimum absolute atomic E-state index is 0.119. The largest absolute Gasteiger partial charge is 0.346 e. The van der Waals surface area contributed by atoms with Crippen LogP contribution in [0.3, 0.4) is 0 Å². The average molecular weight is 380 g/mol. The van der Waals surface area contributed by atoms with Crippen LogP contribution in [0.4, 0.5) is 10.1 Å². The molecule has 142 valence electrons. The van der Waals surface area contributed by atoms with Crippen molar-refractivity contribution in [3.05, 3.63) is 53.1 Å². The lowest BCUT2D eigenvalue weighted by Gasteiger charge is -2.61. The summed E-state index contributed by atoms with van der Waals surface area (Å²) in [7, 11) is 1.58. The van der Waals surface area contributed by atoms with Crippen LogP contribution in [0.2, 0.25) is 0 Å². The van der Waals surface area contributed by atoms with Crippen LogP contribution in [0, 0.1) is 23.1 Å². The highest BCUT2D eigenvalue weighted by molar-refractivity contribution is 6.43. The Labute approximate surface area is 160 Å². The van der Waals surface area contributed by atoms with Gasteiger partial charge >= 0.3 is 0 Å². The molecule has 0 radical (unpaired) electrons. The number of ketones is 1. The molecule has 2 N–H and O–H groups in total. The molecule has 0 atom stereocenters. The van der Waals surface area contributed by atoms with E-state index in [0.717, 1.165) is 25.3 Å². The minimum Gasteiger partial charge on any atom is -0.346 e. The number of benzene rings is 1. The first-order valence-corrected chi connectivity index (χ1v) is 8.84. The SMILES string of the molecule is Cn1cc(C(=O)C(=O)NC23CC(C2)C3)cc1C(=O)Nc1ccc(F)c(C#N)c1. The highest BCUT2D eigenvalue weighted by atomic mass is 19.1. The molecule has 8 heteroatoms. The van der Waals surface area contributed by atoms with E-state index in [1.807, 2.05) is 0 Å². The molecule has 3 fully saturated rings. The van der Waals surface area contributed by atoms with Gasteiger partial charge in [-0.3, -0.25) is 14.4 Å². The molecule has 0 unspecified atom stereocenters. The first kappa shape index (κ1) is 17.9. The monoisotopic (exact) mass is 380 g/mol. The number of hydrogen-bond acceptors (Lipinski definition) is 4. The molecule has 7 nitrogen and oxygen atoms in total. The molecule has 5 rings (SSSR count). The fraction of sp³-hybridized carbons (Fsp3) is 0.300. The summed E-state index contributed by atoms with van der Waals surface area (Å²) in [5.74, 6) is -1.89. The van der Waals surface area contributed by atoms with Gasteiger partial charge in [-0.25, -0.2) is 4.39 Å². The molecule has 0 aliphatic heterocycles. The van der Waals surface area contributed by atoms with Crippen LogP contribution < -0.4 is 10.6 Å². The number of rotatable bonds is 5. The number of nitriles is 1. The highest BCUT2D eigenvalue weighted by Crippen LogP contribution is 2.56. The number of carbonyl (C=O) groups excluding carboxylic acids is 3. The zero-order valence-corrected chi connectivity index (χ0v) is 15.1. The van der Waals surface area contributed by atoms with Crippen molar-refractivity contribution in [1.82, 2.24) is 9.88 Å². The zero-order valence-electron chi connectivity index (χ0n) is 15.1. The molecule has 0 spiro atoms. The standard InChI is InChI=1S/C20H17FN4O3/c1-25-10-13(17(26)19(28)24-20-6-11(7-20)8-20)5-16(25)18(27)23-14-2-3-15(21)12(4-14)9-22/h2-5,10-11H,6-8H2,1H3,(H,23,27)(H,24,28). The quantitative estimate of drug-likeness (QED) is 0.612. The normalized spacial score (nSPS) is 21.7. The van der Waals surface area contributed by atoms with Crippen molar-refractivity contribution in [2.45, 2.75) is 24.8 Å². The number of nitrogens with zero attached hydrogens (tertiary/aromatic N) is 2. The summed E-state index contributed by atoms with van der Waals surface area (Å²) < 4.78 is 14.8. The first-order valence-electron chi connectivity index (χ1n) is 8.84. The summed E-state index contributed by atoms with van der Waals surface area (Å²) in [5.41, 5.74) is 0.134. The summed E-state index contributed by atoms with van der Waals surface area (Å²) in [6, 6.07) is 6.69. The number of anilines is 1. The number of Topliss-reactive ketones (excluding diaryl/α,β-unsaturated/α-hetero) is 1. The van der Waals surface area contributed by atoms with Crippen LogP contribution in [0.5, 0.6) is 0 Å². The maximum Gasteiger partial charge on any atom is 0.292 e. The number of hydrogen-bond donors (Lipinski definition) is 2. The second-order valence-electron chi connectivity index (χ2n) is 7.53. The van der Waals surface area contributed by atoms with Crippen LogP contribution in [-0.4, -0.2) is 27.7 Å². The van der Waals surface area contributed by atoms with Gasteiger partial charge in [0.05, 0.1) is 5.56 Å². The van der Waals surface area contributed by atoms with Gasteiger partial charge in [0.15, 0.2) is 0 Å². The summed E-state index contributed by atoms with van der Waals surface area (Å²) in [6.45, 7) is 0. The Morgan fingerprint density at radius 1 is 1.25 bits per heavy atom. The first-order chi connectivity index (χ1) is 13.3. The summed E-state index contributed by atoms with van der Waals surface area (Å²) in [4.78, 5) is 37.1. The molecule has 1 heterocycles. The average Bonchev–Trinajstić information content (AvgIpc) is 2.99. The molecule has 3 aliphatic rings. The number of aryl methyl sites for hydroxylation is 1. The summed E-state index contributed by atoms with van der Waals surface area (Å²) >= 11 is 0. The van der Waals surface area contributed by atoms with Gasteiger partial charge in [-0.2, -0.15) is 5.26 Å². The van der Waals surface area contributed by atoms with Crippen LogP contribution >= 0.6 is 0 Å². The van der Waals surface area contributed by atoms with Gasteiger partial charge in [0.1, 0.15) is 17.6 Å². The number of carbonyl (C=O) groups is 3. The molecule has 2 bridgehead atoms. The molecular formula is C20H17FN4O3. The Bertz CT molecular complexity index is 1050. The highest BCUT2D eigenvalue weighted by Gasteiger charge is 2.57. The van der Waals surface area contributed by atoms with E-state index >= 15 is 0 Å². The third kappa shape index (κ3) is 2.95. The van der Waals surface area contributed by atoms with E-state index in [9.17, 15) is 18.8 Å². The van der Waals surface area contributed by atoms with E-state index in [1.165, 1.54) is 29.0 Å². The van der Waals surface area contributed by atoms with Gasteiger partial charge in [0.2, 0.25) is 0 Å². The Balaban J connectivity index is 1.47. The van der Waals surface area contributed by atoms with Crippen LogP contribution in [-0.2, 0) is 11.8 Å². The van der Waals surface area contributed by atoms with Gasteiger partial charge in [0.25, 0.3) is 17.6 Å². The Morgan fingerprint density at radius 3 is 2.57 bits per heavy atom. The Hall–Kier alpha value is -3.47. The van der Waals surface area contributed by atoms with E-state index in [2.05, 4.69) is 10.6 Å². The second-order valence-corrected chi connectivity index (χ2v) is 7.53. The van der Waals surface area contributed by atoms with Crippen molar-refractivity contribution in [2.75, 3.05) is 5.32 Å². The second kappa shape index (κ2) is 6.30. The summed E-state index contributed by atoms with van der Waals surface area (Å²) in [5, 5.41) is 14.2. The predicted octanol–water partition coefficient (Wildman–Crippen LogP) is 2.14. The number of aromatic nitrogens is 1. The number of halogens is 1. The Kier molecular flexibility index (Phi) is 4.03. The van der Waals surface area contributed by atoms with Gasteiger partial charge in [-0.15, -0.1) is 0 Å². The van der Waals surface area contributed by atoms with Crippen molar-refractivity contribution in [3.63, 3.8) is 0 Å². The van der Waals surface area contributed by atoms with E-state index in [0.29, 0.717) is 5.92 Å². The topological polar surface area (TPSA) is 104 Å². The molecule has 28 heavy (non-hydrogen) atoms. The molecule has 3 saturated carbocycles. The van der Waals surface area contributed by atoms with E-state index in [-0.39, 0.29) is 28.0 Å². The maximum atomic E-state index is 13.4. The predicted molar refractivity (Wildman–Crippen MR) is 97.0 cm³/mol. The third-order valence-electron chi connectivity index (χ3n) is 5.47. The van der Waals surface area contributed by atoms with Gasteiger partial charge < -0.3 is 15.2 Å². The Morgan fingerprint density at radius 2 is 1.96 bits per heavy atom. The third-order valence-corrected chi connectivity index (χ3v) is 5.47. The summed E-state index contributed by atoms with van der Waals surface area (Å²) in [6.07, 6.45) is 4.20. The van der Waals surface area contributed by atoms with Crippen molar-refractivity contribution >= 4 is 23.3 Å². The van der Waals surface area contributed by atoms with Crippen molar-refractivity contribution in [2.24, 2.45) is 13.0 Å². The van der Waals surface area contributed by atoms with E-state index in [4.69, 9.17) is 5.26 Å². The molecule has 3 aliphatic carbocycles. The van der Waals surface area contributed by atoms with Crippen LogP contribution in [0.25, 0.3) is 0 Å². The number of nitrogens with one attached hydrogen (secondary N) is 2. The molecule has 1 aromatic heterocycles.